The highest BCUT2D eigenvalue weighted by Crippen LogP contribution is 2.28. The predicted octanol–water partition coefficient (Wildman–Crippen LogP) is 3.18. The molecule has 0 bridgehead atoms. The van der Waals surface area contributed by atoms with Crippen LogP contribution in [0.3, 0.4) is 0 Å². The Bertz CT molecular complexity index is 772. The Morgan fingerprint density at radius 3 is 2.40 bits per heavy atom. The van der Waals surface area contributed by atoms with E-state index in [0.29, 0.717) is 28.2 Å². The van der Waals surface area contributed by atoms with E-state index >= 15 is 0 Å². The Hall–Kier alpha value is -1.12. The van der Waals surface area contributed by atoms with E-state index in [1.807, 2.05) is 30.3 Å². The van der Waals surface area contributed by atoms with E-state index in [4.69, 9.17) is 16.3 Å². The number of rotatable bonds is 7. The van der Waals surface area contributed by atoms with Gasteiger partial charge in [0, 0.05) is 32.7 Å². The fourth-order valence-corrected chi connectivity index (χ4v) is 5.81. The molecule has 2 aromatic rings. The average Bonchev–Trinajstić information content (AvgIpc) is 3.07. The van der Waals surface area contributed by atoms with Gasteiger partial charge in [-0.1, -0.05) is 29.8 Å². The van der Waals surface area contributed by atoms with Gasteiger partial charge in [0.05, 0.1) is 10.9 Å². The molecule has 136 valence electrons. The SMILES string of the molecule is O=S(=O)(c1ccc(Cl)s1)N1CCN(CCCOc2ccccc2)CC1. The zero-order valence-corrected chi connectivity index (χ0v) is 16.2. The molecule has 0 atom stereocenters. The highest BCUT2D eigenvalue weighted by Gasteiger charge is 2.29. The van der Waals surface area contributed by atoms with Crippen molar-refractivity contribution >= 4 is 33.0 Å². The molecule has 1 aromatic heterocycles. The van der Waals surface area contributed by atoms with Crippen molar-refractivity contribution in [3.63, 3.8) is 0 Å². The quantitative estimate of drug-likeness (QED) is 0.670. The third-order valence-electron chi connectivity index (χ3n) is 4.10. The normalized spacial score (nSPS) is 16.8. The van der Waals surface area contributed by atoms with Crippen LogP contribution in [0.5, 0.6) is 5.75 Å². The van der Waals surface area contributed by atoms with Crippen LogP contribution in [0.2, 0.25) is 4.34 Å². The summed E-state index contributed by atoms with van der Waals surface area (Å²) in [5.41, 5.74) is 0. The van der Waals surface area contributed by atoms with Gasteiger partial charge in [-0.2, -0.15) is 4.31 Å². The average molecular weight is 401 g/mol. The van der Waals surface area contributed by atoms with Crippen molar-refractivity contribution in [2.75, 3.05) is 39.3 Å². The Morgan fingerprint density at radius 1 is 1.04 bits per heavy atom. The number of thiophene rings is 1. The van der Waals surface area contributed by atoms with Gasteiger partial charge < -0.3 is 9.64 Å². The van der Waals surface area contributed by atoms with E-state index in [2.05, 4.69) is 4.90 Å². The first-order valence-corrected chi connectivity index (χ1v) is 10.8. The smallest absolute Gasteiger partial charge is 0.252 e. The van der Waals surface area contributed by atoms with E-state index in [1.54, 1.807) is 16.4 Å². The van der Waals surface area contributed by atoms with Crippen LogP contribution < -0.4 is 4.74 Å². The van der Waals surface area contributed by atoms with E-state index < -0.39 is 10.0 Å². The van der Waals surface area contributed by atoms with Gasteiger partial charge in [0.2, 0.25) is 0 Å². The number of nitrogens with zero attached hydrogens (tertiary/aromatic N) is 2. The van der Waals surface area contributed by atoms with Crippen molar-refractivity contribution < 1.29 is 13.2 Å². The maximum atomic E-state index is 12.6. The van der Waals surface area contributed by atoms with Crippen molar-refractivity contribution in [1.82, 2.24) is 9.21 Å². The van der Waals surface area contributed by atoms with Crippen LogP contribution in [0.4, 0.5) is 0 Å². The van der Waals surface area contributed by atoms with Gasteiger partial charge in [0.15, 0.2) is 0 Å². The second-order valence-corrected chi connectivity index (χ2v) is 9.70. The fourth-order valence-electron chi connectivity index (χ4n) is 2.75. The highest BCUT2D eigenvalue weighted by atomic mass is 35.5. The summed E-state index contributed by atoms with van der Waals surface area (Å²) in [5.74, 6) is 0.882. The van der Waals surface area contributed by atoms with E-state index in [9.17, 15) is 8.42 Å². The Morgan fingerprint density at radius 2 is 1.76 bits per heavy atom. The van der Waals surface area contributed by atoms with Gasteiger partial charge >= 0.3 is 0 Å². The van der Waals surface area contributed by atoms with Crippen LogP contribution in [0, 0.1) is 0 Å². The summed E-state index contributed by atoms with van der Waals surface area (Å²) in [4.78, 5) is 2.28. The lowest BCUT2D eigenvalue weighted by Crippen LogP contribution is -2.48. The Balaban J connectivity index is 1.41. The first kappa shape index (κ1) is 18.7. The molecule has 1 aliphatic heterocycles. The van der Waals surface area contributed by atoms with Crippen LogP contribution in [0.15, 0.2) is 46.7 Å². The van der Waals surface area contributed by atoms with Crippen molar-refractivity contribution in [3.8, 4) is 5.75 Å². The van der Waals surface area contributed by atoms with Crippen molar-refractivity contribution in [1.29, 1.82) is 0 Å². The van der Waals surface area contributed by atoms with Crippen LogP contribution >= 0.6 is 22.9 Å². The molecule has 0 radical (unpaired) electrons. The number of piperazine rings is 1. The molecule has 1 aliphatic rings. The number of ether oxygens (including phenoxy) is 1. The number of sulfonamides is 1. The van der Waals surface area contributed by atoms with Gasteiger partial charge in [0.25, 0.3) is 10.0 Å². The van der Waals surface area contributed by atoms with Crippen molar-refractivity contribution in [3.05, 3.63) is 46.8 Å². The van der Waals surface area contributed by atoms with Crippen LogP contribution in [-0.2, 0) is 10.0 Å². The molecule has 5 nitrogen and oxygen atoms in total. The van der Waals surface area contributed by atoms with Gasteiger partial charge in [-0.3, -0.25) is 0 Å². The van der Waals surface area contributed by atoms with Gasteiger partial charge in [0.1, 0.15) is 9.96 Å². The summed E-state index contributed by atoms with van der Waals surface area (Å²) in [6, 6.07) is 13.0. The molecule has 8 heteroatoms. The maximum absolute atomic E-state index is 12.6. The molecular formula is C17H21ClN2O3S2. The molecule has 0 saturated carbocycles. The summed E-state index contributed by atoms with van der Waals surface area (Å²) in [7, 11) is -3.41. The molecule has 2 heterocycles. The van der Waals surface area contributed by atoms with Crippen molar-refractivity contribution in [2.24, 2.45) is 0 Å². The lowest BCUT2D eigenvalue weighted by molar-refractivity contribution is 0.175. The lowest BCUT2D eigenvalue weighted by atomic mass is 10.3. The van der Waals surface area contributed by atoms with Crippen LogP contribution in [0.25, 0.3) is 0 Å². The van der Waals surface area contributed by atoms with E-state index in [1.165, 1.54) is 0 Å². The number of halogens is 1. The predicted molar refractivity (Wildman–Crippen MR) is 101 cm³/mol. The number of hydrogen-bond acceptors (Lipinski definition) is 5. The van der Waals surface area contributed by atoms with E-state index in [-0.39, 0.29) is 0 Å². The van der Waals surface area contributed by atoms with E-state index in [0.717, 1.165) is 43.1 Å². The second kappa shape index (κ2) is 8.51. The summed E-state index contributed by atoms with van der Waals surface area (Å²) in [5, 5.41) is 0. The molecule has 1 saturated heterocycles. The molecule has 0 amide bonds. The number of para-hydroxylation sites is 1. The van der Waals surface area contributed by atoms with Gasteiger partial charge in [-0.25, -0.2) is 8.42 Å². The first-order valence-electron chi connectivity index (χ1n) is 8.21. The molecule has 25 heavy (non-hydrogen) atoms. The standard InChI is InChI=1S/C17H21ClN2O3S2/c18-16-7-8-17(24-16)25(21,22)20-12-10-19(11-13-20)9-4-14-23-15-5-2-1-3-6-15/h1-3,5-8H,4,9-14H2. The third-order valence-corrected chi connectivity index (χ3v) is 7.70. The highest BCUT2D eigenvalue weighted by molar-refractivity contribution is 7.91. The van der Waals surface area contributed by atoms with Gasteiger partial charge in [-0.15, -0.1) is 11.3 Å². The van der Waals surface area contributed by atoms with Gasteiger partial charge in [-0.05, 0) is 30.7 Å². The summed E-state index contributed by atoms with van der Waals surface area (Å²) < 4.78 is 33.2. The van der Waals surface area contributed by atoms with Crippen LogP contribution in [0.1, 0.15) is 6.42 Å². The molecule has 1 aromatic carbocycles. The lowest BCUT2D eigenvalue weighted by Gasteiger charge is -2.33. The zero-order valence-electron chi connectivity index (χ0n) is 13.8. The minimum atomic E-state index is -3.41. The summed E-state index contributed by atoms with van der Waals surface area (Å²) in [6.45, 7) is 4.07. The maximum Gasteiger partial charge on any atom is 0.252 e. The largest absolute Gasteiger partial charge is 0.494 e. The summed E-state index contributed by atoms with van der Waals surface area (Å²) in [6.07, 6.45) is 0.919. The molecule has 0 spiro atoms. The number of hydrogen-bond donors (Lipinski definition) is 0. The summed E-state index contributed by atoms with van der Waals surface area (Å²) >= 11 is 6.97. The van der Waals surface area contributed by atoms with Crippen molar-refractivity contribution in [2.45, 2.75) is 10.6 Å². The molecular weight excluding hydrogens is 380 g/mol. The number of benzene rings is 1. The minimum absolute atomic E-state index is 0.321. The zero-order chi connectivity index (χ0) is 17.7. The Kier molecular flexibility index (Phi) is 6.35. The molecule has 1 fully saturated rings. The molecule has 0 N–H and O–H groups in total. The monoisotopic (exact) mass is 400 g/mol. The Labute approximate surface area is 157 Å². The van der Waals surface area contributed by atoms with Crippen LogP contribution in [-0.4, -0.2) is 57.0 Å². The topological polar surface area (TPSA) is 49.9 Å². The first-order chi connectivity index (χ1) is 12.1. The second-order valence-electron chi connectivity index (χ2n) is 5.82. The fraction of sp³-hybridized carbons (Fsp3) is 0.412. The minimum Gasteiger partial charge on any atom is -0.494 e. The molecule has 0 aliphatic carbocycles. The molecule has 3 rings (SSSR count). The molecule has 0 unspecified atom stereocenters. The third kappa shape index (κ3) is 4.95.